The van der Waals surface area contributed by atoms with Crippen LogP contribution in [0.3, 0.4) is 0 Å². The highest BCUT2D eigenvalue weighted by molar-refractivity contribution is 5.41. The second-order valence-electron chi connectivity index (χ2n) is 6.65. The van der Waals surface area contributed by atoms with Crippen molar-refractivity contribution < 1.29 is 31.1 Å². The molecule has 2 N–H and O–H groups in total. The van der Waals surface area contributed by atoms with Crippen LogP contribution in [0.25, 0.3) is 0 Å². The predicted octanol–water partition coefficient (Wildman–Crippen LogP) is 6.03. The Balaban J connectivity index is 2.07. The van der Waals surface area contributed by atoms with Crippen molar-refractivity contribution in [3.8, 4) is 5.75 Å². The van der Waals surface area contributed by atoms with E-state index < -0.39 is 41.9 Å². The minimum atomic E-state index is -4.79. The Morgan fingerprint density at radius 3 is 1.97 bits per heavy atom. The Morgan fingerprint density at radius 1 is 0.733 bits per heavy atom. The SMILES string of the molecule is NC(c1ccc(F)cc1)C(c1ccccc1)c1cc(F)cc(OC(F)(F)C(F)F)c1. The Kier molecular flexibility index (Phi) is 6.36. The smallest absolute Gasteiger partial charge is 0.428 e. The van der Waals surface area contributed by atoms with Gasteiger partial charge in [0.25, 0.3) is 0 Å². The third-order valence-corrected chi connectivity index (χ3v) is 4.53. The summed E-state index contributed by atoms with van der Waals surface area (Å²) in [7, 11) is 0. The summed E-state index contributed by atoms with van der Waals surface area (Å²) >= 11 is 0. The fourth-order valence-electron chi connectivity index (χ4n) is 3.17. The lowest BCUT2D eigenvalue weighted by atomic mass is 9.82. The number of ether oxygens (including phenoxy) is 1. The third-order valence-electron chi connectivity index (χ3n) is 4.53. The van der Waals surface area contributed by atoms with Crippen LogP contribution < -0.4 is 10.5 Å². The van der Waals surface area contributed by atoms with Crippen LogP contribution >= 0.6 is 0 Å². The minimum absolute atomic E-state index is 0.137. The van der Waals surface area contributed by atoms with Crippen molar-refractivity contribution >= 4 is 0 Å². The number of halogens is 6. The van der Waals surface area contributed by atoms with E-state index in [1.165, 1.54) is 24.3 Å². The van der Waals surface area contributed by atoms with Crippen molar-refractivity contribution in [1.82, 2.24) is 0 Å². The van der Waals surface area contributed by atoms with Crippen molar-refractivity contribution in [2.75, 3.05) is 0 Å². The fraction of sp³-hybridized carbons (Fsp3) is 0.182. The highest BCUT2D eigenvalue weighted by Gasteiger charge is 2.44. The molecule has 0 aliphatic heterocycles. The van der Waals surface area contributed by atoms with E-state index in [2.05, 4.69) is 4.74 Å². The number of rotatable bonds is 7. The molecule has 3 aromatic rings. The van der Waals surface area contributed by atoms with Crippen LogP contribution in [0.1, 0.15) is 28.7 Å². The average Bonchev–Trinajstić information content (AvgIpc) is 2.68. The van der Waals surface area contributed by atoms with Gasteiger partial charge in [-0.1, -0.05) is 42.5 Å². The Hall–Kier alpha value is -3.00. The van der Waals surface area contributed by atoms with Crippen LogP contribution in [0.5, 0.6) is 5.75 Å². The van der Waals surface area contributed by atoms with Gasteiger partial charge in [-0.05, 0) is 41.0 Å². The molecule has 0 heterocycles. The molecule has 30 heavy (non-hydrogen) atoms. The highest BCUT2D eigenvalue weighted by atomic mass is 19.3. The summed E-state index contributed by atoms with van der Waals surface area (Å²) in [6.07, 6.45) is -8.87. The standard InChI is InChI=1S/C22H17F6NO/c23-16-8-6-14(7-9-16)20(29)19(13-4-2-1-3-5-13)15-10-17(24)12-18(11-15)30-22(27,28)21(25)26/h1-12,19-21H,29H2. The number of benzene rings is 3. The molecular weight excluding hydrogens is 408 g/mol. The Labute approximate surface area is 168 Å². The molecular formula is C22H17F6NO. The molecule has 0 spiro atoms. The molecule has 2 nitrogen and oxygen atoms in total. The van der Waals surface area contributed by atoms with Gasteiger partial charge in [0.2, 0.25) is 0 Å². The normalized spacial score (nSPS) is 13.9. The summed E-state index contributed by atoms with van der Waals surface area (Å²) in [4.78, 5) is 0. The molecule has 0 bridgehead atoms. The Morgan fingerprint density at radius 2 is 1.37 bits per heavy atom. The number of hydrogen-bond donors (Lipinski definition) is 1. The van der Waals surface area contributed by atoms with Crippen LogP contribution in [0.15, 0.2) is 72.8 Å². The van der Waals surface area contributed by atoms with Gasteiger partial charge in [-0.3, -0.25) is 0 Å². The van der Waals surface area contributed by atoms with Crippen molar-refractivity contribution in [1.29, 1.82) is 0 Å². The van der Waals surface area contributed by atoms with Gasteiger partial charge in [0.15, 0.2) is 0 Å². The van der Waals surface area contributed by atoms with Crippen LogP contribution in [0, 0.1) is 11.6 Å². The van der Waals surface area contributed by atoms with Gasteiger partial charge < -0.3 is 10.5 Å². The van der Waals surface area contributed by atoms with E-state index in [-0.39, 0.29) is 5.56 Å². The molecule has 0 amide bonds. The van der Waals surface area contributed by atoms with E-state index in [9.17, 15) is 26.3 Å². The summed E-state index contributed by atoms with van der Waals surface area (Å²) in [5.41, 5.74) is 7.64. The number of alkyl halides is 4. The van der Waals surface area contributed by atoms with E-state index in [0.29, 0.717) is 17.2 Å². The van der Waals surface area contributed by atoms with Crippen LogP contribution in [-0.2, 0) is 0 Å². The van der Waals surface area contributed by atoms with Gasteiger partial charge in [-0.15, -0.1) is 0 Å². The maximum atomic E-state index is 14.2. The largest absolute Gasteiger partial charge is 0.461 e. The molecule has 0 saturated carbocycles. The fourth-order valence-corrected chi connectivity index (χ4v) is 3.17. The molecule has 0 radical (unpaired) electrons. The molecule has 0 aliphatic carbocycles. The second-order valence-corrected chi connectivity index (χ2v) is 6.65. The number of nitrogens with two attached hydrogens (primary N) is 1. The zero-order chi connectivity index (χ0) is 21.9. The maximum Gasteiger partial charge on any atom is 0.461 e. The summed E-state index contributed by atoms with van der Waals surface area (Å²) < 4.78 is 83.2. The molecule has 0 saturated heterocycles. The zero-order valence-corrected chi connectivity index (χ0v) is 15.4. The predicted molar refractivity (Wildman–Crippen MR) is 99.6 cm³/mol. The molecule has 3 rings (SSSR count). The third kappa shape index (κ3) is 4.94. The monoisotopic (exact) mass is 425 g/mol. The lowest BCUT2D eigenvalue weighted by Gasteiger charge is -2.26. The summed E-state index contributed by atoms with van der Waals surface area (Å²) in [6, 6.07) is 15.8. The first-order valence-electron chi connectivity index (χ1n) is 8.89. The topological polar surface area (TPSA) is 35.2 Å². The summed E-state index contributed by atoms with van der Waals surface area (Å²) in [5.74, 6) is -2.95. The quantitative estimate of drug-likeness (QED) is 0.469. The highest BCUT2D eigenvalue weighted by Crippen LogP contribution is 2.38. The molecule has 158 valence electrons. The van der Waals surface area contributed by atoms with Crippen molar-refractivity contribution in [2.24, 2.45) is 5.73 Å². The van der Waals surface area contributed by atoms with Gasteiger partial charge in [0.1, 0.15) is 17.4 Å². The summed E-state index contributed by atoms with van der Waals surface area (Å²) in [6.45, 7) is 0. The lowest BCUT2D eigenvalue weighted by molar-refractivity contribution is -0.253. The average molecular weight is 425 g/mol. The first-order chi connectivity index (χ1) is 14.2. The molecule has 3 aromatic carbocycles. The van der Waals surface area contributed by atoms with Crippen molar-refractivity contribution in [3.05, 3.63) is 101 Å². The molecule has 0 fully saturated rings. The molecule has 0 aliphatic rings. The van der Waals surface area contributed by atoms with E-state index in [0.717, 1.165) is 12.1 Å². The van der Waals surface area contributed by atoms with E-state index >= 15 is 0 Å². The number of hydrogen-bond acceptors (Lipinski definition) is 2. The van der Waals surface area contributed by atoms with Crippen molar-refractivity contribution in [2.45, 2.75) is 24.5 Å². The van der Waals surface area contributed by atoms with Gasteiger partial charge in [0, 0.05) is 18.0 Å². The van der Waals surface area contributed by atoms with Crippen LogP contribution in [-0.4, -0.2) is 12.5 Å². The second kappa shape index (κ2) is 8.79. The first kappa shape index (κ1) is 21.7. The van der Waals surface area contributed by atoms with Gasteiger partial charge in [-0.25, -0.2) is 8.78 Å². The zero-order valence-electron chi connectivity index (χ0n) is 15.4. The maximum absolute atomic E-state index is 14.2. The van der Waals surface area contributed by atoms with E-state index in [4.69, 9.17) is 5.73 Å². The molecule has 8 heteroatoms. The molecule has 0 aromatic heterocycles. The van der Waals surface area contributed by atoms with Crippen LogP contribution in [0.4, 0.5) is 26.3 Å². The lowest BCUT2D eigenvalue weighted by Crippen LogP contribution is -2.33. The minimum Gasteiger partial charge on any atom is -0.428 e. The van der Waals surface area contributed by atoms with E-state index in [1.54, 1.807) is 30.3 Å². The van der Waals surface area contributed by atoms with Crippen molar-refractivity contribution in [3.63, 3.8) is 0 Å². The first-order valence-corrected chi connectivity index (χ1v) is 8.89. The molecule has 2 atom stereocenters. The van der Waals surface area contributed by atoms with Gasteiger partial charge >= 0.3 is 12.5 Å². The van der Waals surface area contributed by atoms with Gasteiger partial charge in [0.05, 0.1) is 0 Å². The summed E-state index contributed by atoms with van der Waals surface area (Å²) in [5, 5.41) is 0. The van der Waals surface area contributed by atoms with E-state index in [1.807, 2.05) is 0 Å². The molecule has 2 unspecified atom stereocenters. The van der Waals surface area contributed by atoms with Crippen LogP contribution in [0.2, 0.25) is 0 Å². The Bertz CT molecular complexity index is 979. The van der Waals surface area contributed by atoms with Gasteiger partial charge in [-0.2, -0.15) is 17.6 Å².